The molecule has 6 heteroatoms. The second-order valence-corrected chi connectivity index (χ2v) is 5.79. The number of rotatable bonds is 5. The number of hydrogen-bond acceptors (Lipinski definition) is 2. The summed E-state index contributed by atoms with van der Waals surface area (Å²) >= 11 is 3.44. The third kappa shape index (κ3) is 4.61. The molecule has 0 aliphatic rings. The number of halogens is 3. The fourth-order valence-electron chi connectivity index (χ4n) is 2.00. The van der Waals surface area contributed by atoms with Crippen LogP contribution in [-0.2, 0) is 11.3 Å². The van der Waals surface area contributed by atoms with Gasteiger partial charge < -0.3 is 5.32 Å². The number of carbonyl (C=O) groups excluding carboxylic acids is 1. The fraction of sp³-hybridized carbons (Fsp3) is 0.188. The molecule has 0 saturated carbocycles. The Kier molecular flexibility index (Phi) is 5.63. The van der Waals surface area contributed by atoms with Gasteiger partial charge in [0.15, 0.2) is 0 Å². The van der Waals surface area contributed by atoms with Gasteiger partial charge in [-0.25, -0.2) is 8.78 Å². The summed E-state index contributed by atoms with van der Waals surface area (Å²) in [5, 5.41) is 2.38. The van der Waals surface area contributed by atoms with Gasteiger partial charge in [0.2, 0.25) is 5.91 Å². The van der Waals surface area contributed by atoms with Crippen molar-refractivity contribution < 1.29 is 13.6 Å². The lowest BCUT2D eigenvalue weighted by molar-refractivity contribution is -0.117. The van der Waals surface area contributed by atoms with Crippen LogP contribution in [0.25, 0.3) is 0 Å². The van der Waals surface area contributed by atoms with Gasteiger partial charge >= 0.3 is 0 Å². The van der Waals surface area contributed by atoms with Crippen molar-refractivity contribution in [1.29, 1.82) is 0 Å². The Morgan fingerprint density at radius 1 is 1.23 bits per heavy atom. The summed E-state index contributed by atoms with van der Waals surface area (Å²) in [6, 6.07) is 10.6. The van der Waals surface area contributed by atoms with Crippen LogP contribution in [0.15, 0.2) is 46.9 Å². The lowest BCUT2D eigenvalue weighted by atomic mass is 10.2. The molecule has 2 aromatic rings. The number of likely N-dealkylation sites (N-methyl/N-ethyl adjacent to an activating group) is 1. The Balaban J connectivity index is 1.94. The topological polar surface area (TPSA) is 32.3 Å². The van der Waals surface area contributed by atoms with E-state index in [0.717, 1.165) is 28.2 Å². The van der Waals surface area contributed by atoms with Gasteiger partial charge in [0.1, 0.15) is 11.6 Å². The predicted molar refractivity (Wildman–Crippen MR) is 85.5 cm³/mol. The van der Waals surface area contributed by atoms with Crippen molar-refractivity contribution in [1.82, 2.24) is 4.90 Å². The summed E-state index contributed by atoms with van der Waals surface area (Å²) in [6.07, 6.45) is 0. The third-order valence-corrected chi connectivity index (χ3v) is 3.79. The van der Waals surface area contributed by atoms with Crippen LogP contribution >= 0.6 is 15.9 Å². The zero-order chi connectivity index (χ0) is 16.1. The molecule has 0 unspecified atom stereocenters. The van der Waals surface area contributed by atoms with Crippen molar-refractivity contribution in [3.05, 3.63) is 64.1 Å². The van der Waals surface area contributed by atoms with Crippen LogP contribution < -0.4 is 5.32 Å². The summed E-state index contributed by atoms with van der Waals surface area (Å²) in [5.41, 5.74) is 0.883. The average molecular weight is 369 g/mol. The minimum absolute atomic E-state index is 0.0668. The van der Waals surface area contributed by atoms with Gasteiger partial charge in [0, 0.05) is 17.1 Å². The molecule has 2 rings (SSSR count). The Hall–Kier alpha value is -1.79. The van der Waals surface area contributed by atoms with E-state index in [4.69, 9.17) is 0 Å². The molecule has 1 N–H and O–H groups in total. The van der Waals surface area contributed by atoms with E-state index < -0.39 is 17.5 Å². The highest BCUT2D eigenvalue weighted by Gasteiger charge is 2.11. The molecule has 0 bridgehead atoms. The molecule has 0 spiro atoms. The quantitative estimate of drug-likeness (QED) is 0.870. The molecule has 22 heavy (non-hydrogen) atoms. The molecule has 0 atom stereocenters. The lowest BCUT2D eigenvalue weighted by Gasteiger charge is -2.17. The molecule has 0 saturated heterocycles. The number of nitrogens with zero attached hydrogens (tertiary/aromatic N) is 1. The normalized spacial score (nSPS) is 10.8. The smallest absolute Gasteiger partial charge is 0.238 e. The molecule has 2 aromatic carbocycles. The van der Waals surface area contributed by atoms with E-state index in [0.29, 0.717) is 6.54 Å². The molecular weight excluding hydrogens is 354 g/mol. The SMILES string of the molecule is CN(CC(=O)Nc1cc(F)ccc1F)Cc1ccccc1Br. The first-order valence-electron chi connectivity index (χ1n) is 6.62. The second kappa shape index (κ2) is 7.47. The lowest BCUT2D eigenvalue weighted by Crippen LogP contribution is -2.30. The van der Waals surface area contributed by atoms with Gasteiger partial charge in [-0.2, -0.15) is 0 Å². The first-order valence-corrected chi connectivity index (χ1v) is 7.42. The minimum atomic E-state index is -0.664. The number of benzene rings is 2. The van der Waals surface area contributed by atoms with Gasteiger partial charge in [-0.05, 0) is 30.8 Å². The zero-order valence-electron chi connectivity index (χ0n) is 11.9. The van der Waals surface area contributed by atoms with Crippen molar-refractivity contribution in [3.63, 3.8) is 0 Å². The number of amides is 1. The molecule has 1 amide bonds. The highest BCUT2D eigenvalue weighted by molar-refractivity contribution is 9.10. The van der Waals surface area contributed by atoms with Crippen LogP contribution in [0, 0.1) is 11.6 Å². The van der Waals surface area contributed by atoms with Crippen molar-refractivity contribution in [2.45, 2.75) is 6.54 Å². The van der Waals surface area contributed by atoms with Crippen molar-refractivity contribution in [2.75, 3.05) is 18.9 Å². The summed E-state index contributed by atoms with van der Waals surface area (Å²) in [6.45, 7) is 0.623. The maximum atomic E-state index is 13.5. The Morgan fingerprint density at radius 2 is 1.95 bits per heavy atom. The van der Waals surface area contributed by atoms with Gasteiger partial charge in [-0.3, -0.25) is 9.69 Å². The zero-order valence-corrected chi connectivity index (χ0v) is 13.5. The maximum absolute atomic E-state index is 13.5. The number of hydrogen-bond donors (Lipinski definition) is 1. The van der Waals surface area contributed by atoms with Crippen molar-refractivity contribution in [3.8, 4) is 0 Å². The highest BCUT2D eigenvalue weighted by Crippen LogP contribution is 2.18. The molecule has 0 heterocycles. The monoisotopic (exact) mass is 368 g/mol. The van der Waals surface area contributed by atoms with E-state index in [1.54, 1.807) is 11.9 Å². The van der Waals surface area contributed by atoms with Crippen LogP contribution in [-0.4, -0.2) is 24.4 Å². The van der Waals surface area contributed by atoms with E-state index in [9.17, 15) is 13.6 Å². The molecule has 116 valence electrons. The summed E-state index contributed by atoms with van der Waals surface area (Å²) in [7, 11) is 1.78. The number of anilines is 1. The van der Waals surface area contributed by atoms with E-state index in [2.05, 4.69) is 21.2 Å². The van der Waals surface area contributed by atoms with Crippen molar-refractivity contribution in [2.24, 2.45) is 0 Å². The number of nitrogens with one attached hydrogen (secondary N) is 1. The predicted octanol–water partition coefficient (Wildman–Crippen LogP) is 3.80. The largest absolute Gasteiger partial charge is 0.322 e. The maximum Gasteiger partial charge on any atom is 0.238 e. The average Bonchev–Trinajstić information content (AvgIpc) is 2.45. The van der Waals surface area contributed by atoms with Crippen LogP contribution in [0.5, 0.6) is 0 Å². The first kappa shape index (κ1) is 16.6. The summed E-state index contributed by atoms with van der Waals surface area (Å²) in [5.74, 6) is -1.67. The summed E-state index contributed by atoms with van der Waals surface area (Å²) < 4.78 is 27.5. The van der Waals surface area contributed by atoms with Gasteiger partial charge in [-0.15, -0.1) is 0 Å². The van der Waals surface area contributed by atoms with E-state index in [-0.39, 0.29) is 12.2 Å². The Bertz CT molecular complexity index is 679. The molecule has 0 aliphatic heterocycles. The fourth-order valence-corrected chi connectivity index (χ4v) is 2.41. The van der Waals surface area contributed by atoms with E-state index in [1.807, 2.05) is 24.3 Å². The summed E-state index contributed by atoms with van der Waals surface area (Å²) in [4.78, 5) is 13.7. The van der Waals surface area contributed by atoms with Crippen LogP contribution in [0.3, 0.4) is 0 Å². The minimum Gasteiger partial charge on any atom is -0.322 e. The van der Waals surface area contributed by atoms with E-state index >= 15 is 0 Å². The highest BCUT2D eigenvalue weighted by atomic mass is 79.9. The van der Waals surface area contributed by atoms with Crippen LogP contribution in [0.1, 0.15) is 5.56 Å². The standard InChI is InChI=1S/C16H15BrF2N2O/c1-21(9-11-4-2-3-5-13(11)17)10-16(22)20-15-8-12(18)6-7-14(15)19/h2-8H,9-10H2,1H3,(H,20,22). The Labute approximate surface area is 136 Å². The van der Waals surface area contributed by atoms with Crippen LogP contribution in [0.4, 0.5) is 14.5 Å². The van der Waals surface area contributed by atoms with Gasteiger partial charge in [-0.1, -0.05) is 34.1 Å². The Morgan fingerprint density at radius 3 is 2.68 bits per heavy atom. The van der Waals surface area contributed by atoms with Crippen LogP contribution in [0.2, 0.25) is 0 Å². The molecule has 3 nitrogen and oxygen atoms in total. The molecular formula is C16H15BrF2N2O. The molecule has 0 aliphatic carbocycles. The van der Waals surface area contributed by atoms with Gasteiger partial charge in [0.05, 0.1) is 12.2 Å². The molecule has 0 fully saturated rings. The van der Waals surface area contributed by atoms with E-state index in [1.165, 1.54) is 0 Å². The van der Waals surface area contributed by atoms with Gasteiger partial charge in [0.25, 0.3) is 0 Å². The molecule has 0 aromatic heterocycles. The number of carbonyl (C=O) groups is 1. The molecule has 0 radical (unpaired) electrons. The first-order chi connectivity index (χ1) is 10.5. The third-order valence-electron chi connectivity index (χ3n) is 3.01. The second-order valence-electron chi connectivity index (χ2n) is 4.94. The van der Waals surface area contributed by atoms with Crippen molar-refractivity contribution >= 4 is 27.5 Å².